The number of ether oxygens (including phenoxy) is 1. The molecule has 2 aliphatic heterocycles. The Labute approximate surface area is 226 Å². The fourth-order valence-corrected chi connectivity index (χ4v) is 7.43. The van der Waals surface area contributed by atoms with Crippen molar-refractivity contribution in [1.82, 2.24) is 4.98 Å². The van der Waals surface area contributed by atoms with Crippen molar-refractivity contribution in [3.05, 3.63) is 77.4 Å². The van der Waals surface area contributed by atoms with Crippen LogP contribution in [0.15, 0.2) is 60.7 Å². The Morgan fingerprint density at radius 2 is 1.68 bits per heavy atom. The summed E-state index contributed by atoms with van der Waals surface area (Å²) in [5.74, 6) is -0.708. The molecule has 7 heteroatoms. The number of fused-ring (bicyclic) bond motifs is 2. The lowest BCUT2D eigenvalue weighted by Crippen LogP contribution is -2.73. The number of thiazole rings is 1. The predicted molar refractivity (Wildman–Crippen MR) is 148 cm³/mol. The van der Waals surface area contributed by atoms with Gasteiger partial charge in [-0.2, -0.15) is 4.89 Å². The molecule has 2 unspecified atom stereocenters. The second-order valence-corrected chi connectivity index (χ2v) is 13.1. The van der Waals surface area contributed by atoms with E-state index in [1.807, 2.05) is 42.5 Å². The normalized spacial score (nSPS) is 24.3. The molecule has 2 N–H and O–H groups in total. The van der Waals surface area contributed by atoms with Gasteiger partial charge in [-0.15, -0.1) is 11.3 Å². The highest BCUT2D eigenvalue weighted by Gasteiger charge is 2.81. The van der Waals surface area contributed by atoms with Gasteiger partial charge in [0, 0.05) is 16.4 Å². The summed E-state index contributed by atoms with van der Waals surface area (Å²) in [5, 5.41) is 22.3. The van der Waals surface area contributed by atoms with E-state index in [4.69, 9.17) is 14.5 Å². The van der Waals surface area contributed by atoms with Gasteiger partial charge < -0.3 is 14.9 Å². The van der Waals surface area contributed by atoms with Crippen LogP contribution in [0.25, 0.3) is 20.8 Å². The van der Waals surface area contributed by atoms with Crippen molar-refractivity contribution >= 4 is 21.6 Å². The molecule has 0 aliphatic carbocycles. The van der Waals surface area contributed by atoms with E-state index in [1.165, 1.54) is 0 Å². The van der Waals surface area contributed by atoms with Crippen LogP contribution in [0.3, 0.4) is 0 Å². The average Bonchev–Trinajstić information content (AvgIpc) is 3.31. The molecule has 3 aromatic carbocycles. The van der Waals surface area contributed by atoms with Gasteiger partial charge in [0.1, 0.15) is 16.5 Å². The number of benzene rings is 3. The SMILES string of the molecule is CC(C)(C)C12OOC1(c1cc(O)cc(CCc3ccc(-c4nc5ccccc5s4)c(O)c3)c1)OCC2(C)C. The maximum absolute atomic E-state index is 10.8. The first-order chi connectivity index (χ1) is 18.0. The molecule has 2 aliphatic rings. The van der Waals surface area contributed by atoms with Gasteiger partial charge in [0.05, 0.1) is 22.4 Å². The van der Waals surface area contributed by atoms with Crippen molar-refractivity contribution in [2.45, 2.75) is 58.8 Å². The van der Waals surface area contributed by atoms with Crippen LogP contribution in [0, 0.1) is 10.8 Å². The van der Waals surface area contributed by atoms with Crippen LogP contribution in [-0.4, -0.2) is 27.4 Å². The van der Waals surface area contributed by atoms with Gasteiger partial charge in [-0.1, -0.05) is 52.8 Å². The molecule has 2 saturated heterocycles. The van der Waals surface area contributed by atoms with Crippen molar-refractivity contribution in [3.8, 4) is 22.1 Å². The van der Waals surface area contributed by atoms with Gasteiger partial charge in [0.2, 0.25) is 0 Å². The molecule has 0 radical (unpaired) electrons. The van der Waals surface area contributed by atoms with Crippen molar-refractivity contribution < 1.29 is 24.7 Å². The fourth-order valence-electron chi connectivity index (χ4n) is 6.43. The minimum absolute atomic E-state index is 0.160. The summed E-state index contributed by atoms with van der Waals surface area (Å²) in [5.41, 5.74) is 3.10. The number of phenols is 2. The van der Waals surface area contributed by atoms with Crippen LogP contribution < -0.4 is 0 Å². The number of aromatic hydroxyl groups is 2. The number of aromatic nitrogens is 1. The zero-order valence-corrected chi connectivity index (χ0v) is 23.2. The monoisotopic (exact) mass is 531 g/mol. The predicted octanol–water partition coefficient (Wildman–Crippen LogP) is 7.12. The Morgan fingerprint density at radius 3 is 2.37 bits per heavy atom. The molecule has 6 nitrogen and oxygen atoms in total. The summed E-state index contributed by atoms with van der Waals surface area (Å²) in [4.78, 5) is 16.4. The molecule has 6 rings (SSSR count). The van der Waals surface area contributed by atoms with E-state index >= 15 is 0 Å². The Hall–Kier alpha value is -2.97. The van der Waals surface area contributed by atoms with E-state index in [0.29, 0.717) is 19.4 Å². The summed E-state index contributed by atoms with van der Waals surface area (Å²) < 4.78 is 7.43. The molecule has 2 atom stereocenters. The number of para-hydroxylation sites is 1. The van der Waals surface area contributed by atoms with E-state index in [1.54, 1.807) is 29.5 Å². The lowest BCUT2D eigenvalue weighted by Gasteiger charge is -2.61. The van der Waals surface area contributed by atoms with Crippen LogP contribution in [0.5, 0.6) is 11.5 Å². The third-order valence-electron chi connectivity index (χ3n) is 8.04. The summed E-state index contributed by atoms with van der Waals surface area (Å²) in [7, 11) is 0. The van der Waals surface area contributed by atoms with E-state index < -0.39 is 11.4 Å². The molecular weight excluding hydrogens is 498 g/mol. The lowest BCUT2D eigenvalue weighted by molar-refractivity contribution is -0.626. The summed E-state index contributed by atoms with van der Waals surface area (Å²) in [6.45, 7) is 11.2. The van der Waals surface area contributed by atoms with Gasteiger partial charge in [-0.3, -0.25) is 0 Å². The van der Waals surface area contributed by atoms with Crippen LogP contribution in [-0.2, 0) is 33.1 Å². The summed E-state index contributed by atoms with van der Waals surface area (Å²) in [6.07, 6.45) is 1.36. The standard InChI is InChI=1S/C31H33NO5S/c1-28(2,3)31-29(4,5)18-35-30(31,36-37-31)21-14-20(15-22(33)17-21)11-10-19-12-13-23(25(34)16-19)27-32-24-8-6-7-9-26(24)38-27/h6-9,12-17,33-34H,10-11,18H2,1-5H3. The van der Waals surface area contributed by atoms with Crippen molar-refractivity contribution in [3.63, 3.8) is 0 Å². The number of aryl methyl sites for hydroxylation is 2. The number of phenolic OH excluding ortho intramolecular Hbond substituents is 2. The molecule has 0 saturated carbocycles. The Bertz CT molecular complexity index is 1500. The second kappa shape index (κ2) is 8.52. The smallest absolute Gasteiger partial charge is 0.261 e. The molecule has 0 bridgehead atoms. The summed E-state index contributed by atoms with van der Waals surface area (Å²) in [6, 6.07) is 19.3. The number of hydrogen-bond acceptors (Lipinski definition) is 7. The quantitative estimate of drug-likeness (QED) is 0.267. The minimum atomic E-state index is -1.08. The van der Waals surface area contributed by atoms with Crippen molar-refractivity contribution in [2.24, 2.45) is 10.8 Å². The molecule has 0 amide bonds. The number of hydrogen-bond donors (Lipinski definition) is 2. The molecular formula is C31H33NO5S. The highest BCUT2D eigenvalue weighted by Crippen LogP contribution is 2.69. The van der Waals surface area contributed by atoms with E-state index in [9.17, 15) is 10.2 Å². The van der Waals surface area contributed by atoms with E-state index in [-0.39, 0.29) is 22.3 Å². The fraction of sp³-hybridized carbons (Fsp3) is 0.387. The van der Waals surface area contributed by atoms with Crippen LogP contribution in [0.1, 0.15) is 51.3 Å². The first kappa shape index (κ1) is 25.3. The maximum Gasteiger partial charge on any atom is 0.261 e. The van der Waals surface area contributed by atoms with Crippen molar-refractivity contribution in [1.29, 1.82) is 0 Å². The zero-order chi connectivity index (χ0) is 26.9. The average molecular weight is 532 g/mol. The maximum atomic E-state index is 10.8. The first-order valence-corrected chi connectivity index (χ1v) is 13.8. The third-order valence-corrected chi connectivity index (χ3v) is 9.11. The van der Waals surface area contributed by atoms with Gasteiger partial charge >= 0.3 is 0 Å². The third kappa shape index (κ3) is 3.60. The van der Waals surface area contributed by atoms with Gasteiger partial charge in [0.15, 0.2) is 5.60 Å². The molecule has 4 aromatic rings. The van der Waals surface area contributed by atoms with Gasteiger partial charge in [-0.05, 0) is 66.4 Å². The molecule has 0 spiro atoms. The van der Waals surface area contributed by atoms with Crippen LogP contribution in [0.4, 0.5) is 0 Å². The van der Waals surface area contributed by atoms with Crippen molar-refractivity contribution in [2.75, 3.05) is 6.61 Å². The molecule has 198 valence electrons. The number of rotatable bonds is 5. The van der Waals surface area contributed by atoms with E-state index in [2.05, 4.69) is 39.6 Å². The van der Waals surface area contributed by atoms with Gasteiger partial charge in [0.25, 0.3) is 5.79 Å². The molecule has 1 aromatic heterocycles. The Kier molecular flexibility index (Phi) is 5.67. The first-order valence-electron chi connectivity index (χ1n) is 13.0. The van der Waals surface area contributed by atoms with Gasteiger partial charge in [-0.25, -0.2) is 9.87 Å². The minimum Gasteiger partial charge on any atom is -0.508 e. The van der Waals surface area contributed by atoms with Crippen LogP contribution in [0.2, 0.25) is 0 Å². The Morgan fingerprint density at radius 1 is 0.921 bits per heavy atom. The topological polar surface area (TPSA) is 81.0 Å². The molecule has 3 heterocycles. The molecule has 2 fully saturated rings. The largest absolute Gasteiger partial charge is 0.508 e. The second-order valence-electron chi connectivity index (χ2n) is 12.1. The lowest BCUT2D eigenvalue weighted by atomic mass is 9.57. The van der Waals surface area contributed by atoms with E-state index in [0.717, 1.165) is 37.5 Å². The Balaban J connectivity index is 1.25. The highest BCUT2D eigenvalue weighted by molar-refractivity contribution is 7.21. The number of nitrogens with zero attached hydrogens (tertiary/aromatic N) is 1. The summed E-state index contributed by atoms with van der Waals surface area (Å²) >= 11 is 1.57. The molecule has 38 heavy (non-hydrogen) atoms. The van der Waals surface area contributed by atoms with Crippen LogP contribution >= 0.6 is 11.3 Å². The zero-order valence-electron chi connectivity index (χ0n) is 22.4. The highest BCUT2D eigenvalue weighted by atomic mass is 32.1.